The van der Waals surface area contributed by atoms with Gasteiger partial charge in [0.25, 0.3) is 0 Å². The third-order valence-corrected chi connectivity index (χ3v) is 6.28. The van der Waals surface area contributed by atoms with E-state index in [-0.39, 0.29) is 5.41 Å². The van der Waals surface area contributed by atoms with E-state index in [1.165, 1.54) is 11.1 Å². The molecule has 2 heterocycles. The van der Waals surface area contributed by atoms with Crippen molar-refractivity contribution in [2.45, 2.75) is 40.2 Å². The number of allylic oxidation sites excluding steroid dienone is 2. The van der Waals surface area contributed by atoms with Crippen LogP contribution in [0.3, 0.4) is 0 Å². The fourth-order valence-corrected chi connectivity index (χ4v) is 4.53. The van der Waals surface area contributed by atoms with Gasteiger partial charge in [-0.3, -0.25) is 4.79 Å². The van der Waals surface area contributed by atoms with Crippen molar-refractivity contribution in [3.63, 3.8) is 0 Å². The van der Waals surface area contributed by atoms with Gasteiger partial charge in [-0.2, -0.15) is 11.3 Å². The molecule has 0 aliphatic heterocycles. The van der Waals surface area contributed by atoms with E-state index < -0.39 is 11.9 Å². The smallest absolute Gasteiger partial charge is 0.307 e. The molecule has 0 saturated heterocycles. The maximum atomic E-state index is 11.7. The molecule has 1 unspecified atom stereocenters. The molecule has 166 valence electrons. The van der Waals surface area contributed by atoms with Crippen molar-refractivity contribution in [2.75, 3.05) is 0 Å². The highest BCUT2D eigenvalue weighted by molar-refractivity contribution is 7.10. The lowest BCUT2D eigenvalue weighted by Gasteiger charge is -2.12. The lowest BCUT2D eigenvalue weighted by Crippen LogP contribution is -2.15. The van der Waals surface area contributed by atoms with Gasteiger partial charge in [-0.05, 0) is 96.8 Å². The molecule has 0 radical (unpaired) electrons. The minimum absolute atomic E-state index is 0.0639. The molecule has 5 heteroatoms. The van der Waals surface area contributed by atoms with E-state index >= 15 is 0 Å². The summed E-state index contributed by atoms with van der Waals surface area (Å²) in [7, 11) is 0. The summed E-state index contributed by atoms with van der Waals surface area (Å²) in [5, 5.41) is 16.0. The first-order valence-corrected chi connectivity index (χ1v) is 12.3. The van der Waals surface area contributed by atoms with Gasteiger partial charge >= 0.3 is 5.97 Å². The van der Waals surface area contributed by atoms with Crippen LogP contribution >= 0.6 is 22.7 Å². The van der Waals surface area contributed by atoms with E-state index in [1.54, 1.807) is 28.7 Å². The summed E-state index contributed by atoms with van der Waals surface area (Å²) < 4.78 is 5.98. The quantitative estimate of drug-likeness (QED) is 0.338. The van der Waals surface area contributed by atoms with Gasteiger partial charge in [0.15, 0.2) is 0 Å². The predicted octanol–water partition coefficient (Wildman–Crippen LogP) is 7.29. The van der Waals surface area contributed by atoms with Crippen LogP contribution in [0, 0.1) is 23.2 Å². The summed E-state index contributed by atoms with van der Waals surface area (Å²) in [4.78, 5) is 12.9. The number of carboxylic acid groups (broad SMARTS) is 1. The number of benzene rings is 1. The van der Waals surface area contributed by atoms with E-state index in [4.69, 9.17) is 4.74 Å². The number of hydrogen-bond donors (Lipinski definition) is 1. The van der Waals surface area contributed by atoms with Gasteiger partial charge in [-0.25, -0.2) is 0 Å². The number of carboxylic acids is 1. The van der Waals surface area contributed by atoms with Crippen LogP contribution in [0.2, 0.25) is 0 Å². The van der Waals surface area contributed by atoms with E-state index in [1.807, 2.05) is 51.1 Å². The van der Waals surface area contributed by atoms with Gasteiger partial charge in [0.1, 0.15) is 12.4 Å². The monoisotopic (exact) mass is 464 g/mol. The minimum Gasteiger partial charge on any atom is -0.488 e. The first-order chi connectivity index (χ1) is 15.3. The van der Waals surface area contributed by atoms with Gasteiger partial charge in [-0.15, -0.1) is 11.3 Å². The predicted molar refractivity (Wildman–Crippen MR) is 134 cm³/mol. The van der Waals surface area contributed by atoms with Crippen LogP contribution in [0.25, 0.3) is 11.1 Å². The zero-order valence-electron chi connectivity index (χ0n) is 18.6. The van der Waals surface area contributed by atoms with E-state index in [2.05, 4.69) is 40.1 Å². The Labute approximate surface area is 198 Å². The largest absolute Gasteiger partial charge is 0.488 e. The van der Waals surface area contributed by atoms with E-state index in [0.717, 1.165) is 16.2 Å². The van der Waals surface area contributed by atoms with Crippen molar-refractivity contribution in [1.82, 2.24) is 0 Å². The summed E-state index contributed by atoms with van der Waals surface area (Å²) in [6, 6.07) is 12.0. The summed E-state index contributed by atoms with van der Waals surface area (Å²) in [5.74, 6) is 5.57. The van der Waals surface area contributed by atoms with Crippen LogP contribution in [-0.4, -0.2) is 11.1 Å². The van der Waals surface area contributed by atoms with Crippen LogP contribution in [0.1, 0.15) is 37.6 Å². The fourth-order valence-electron chi connectivity index (χ4n) is 3.06. The Kier molecular flexibility index (Phi) is 8.33. The van der Waals surface area contributed by atoms with Crippen molar-refractivity contribution < 1.29 is 14.6 Å². The molecule has 3 rings (SSSR count). The normalized spacial score (nSPS) is 12.3. The Balaban J connectivity index is 1.57. The highest BCUT2D eigenvalue weighted by atomic mass is 32.1. The Morgan fingerprint density at radius 3 is 2.75 bits per heavy atom. The molecule has 32 heavy (non-hydrogen) atoms. The zero-order chi connectivity index (χ0) is 23.0. The second-order valence-corrected chi connectivity index (χ2v) is 10.4. The Morgan fingerprint density at radius 2 is 2.03 bits per heavy atom. The van der Waals surface area contributed by atoms with Crippen molar-refractivity contribution in [1.29, 1.82) is 0 Å². The highest BCUT2D eigenvalue weighted by Gasteiger charge is 2.17. The average molecular weight is 465 g/mol. The first kappa shape index (κ1) is 23.8. The molecule has 0 saturated carbocycles. The van der Waals surface area contributed by atoms with Crippen LogP contribution in [0.15, 0.2) is 64.7 Å². The Hall–Kier alpha value is -2.81. The van der Waals surface area contributed by atoms with E-state index in [0.29, 0.717) is 19.4 Å². The number of hydrogen-bond acceptors (Lipinski definition) is 4. The van der Waals surface area contributed by atoms with Gasteiger partial charge in [0, 0.05) is 10.3 Å². The van der Waals surface area contributed by atoms with Gasteiger partial charge in [-0.1, -0.05) is 30.0 Å². The molecule has 0 amide bonds. The van der Waals surface area contributed by atoms with Crippen molar-refractivity contribution >= 4 is 28.6 Å². The highest BCUT2D eigenvalue weighted by Crippen LogP contribution is 2.28. The van der Waals surface area contributed by atoms with Gasteiger partial charge < -0.3 is 9.84 Å². The average Bonchev–Trinajstić information content (AvgIpc) is 3.42. The second kappa shape index (κ2) is 11.2. The summed E-state index contributed by atoms with van der Waals surface area (Å²) in [5.41, 5.74) is 3.34. The van der Waals surface area contributed by atoms with Crippen LogP contribution < -0.4 is 4.74 Å². The SMILES string of the molecule is CC(C)(C)C#C/C=C/CC(Cc1cccc(OCc2cc(-c3ccsc3)cs2)c1)C(=O)O. The summed E-state index contributed by atoms with van der Waals surface area (Å²) in [6.45, 7) is 6.63. The molecule has 3 aromatic rings. The number of carbonyl (C=O) groups is 1. The van der Waals surface area contributed by atoms with Crippen molar-refractivity contribution in [3.8, 4) is 28.7 Å². The topological polar surface area (TPSA) is 46.5 Å². The molecule has 3 nitrogen and oxygen atoms in total. The number of ether oxygens (including phenoxy) is 1. The standard InChI is InChI=1S/C27H28O3S2/c1-27(2,3)12-6-4-5-9-21(26(28)29)14-20-8-7-10-24(15-20)30-17-25-16-23(19-32-25)22-11-13-31-18-22/h4-5,7-8,10-11,13,15-16,18-19,21H,9,14,17H2,1-3H3,(H,28,29)/b5-4+. The molecule has 1 N–H and O–H groups in total. The number of rotatable bonds is 9. The summed E-state index contributed by atoms with van der Waals surface area (Å²) in [6.07, 6.45) is 4.50. The van der Waals surface area contributed by atoms with Gasteiger partial charge in [0.2, 0.25) is 0 Å². The molecule has 0 bridgehead atoms. The molecule has 2 aromatic heterocycles. The van der Waals surface area contributed by atoms with Crippen LogP contribution in [0.4, 0.5) is 0 Å². The second-order valence-electron chi connectivity index (χ2n) is 8.65. The Bertz CT molecular complexity index is 1110. The van der Waals surface area contributed by atoms with Crippen LogP contribution in [-0.2, 0) is 17.8 Å². The molecule has 0 spiro atoms. The van der Waals surface area contributed by atoms with Gasteiger partial charge in [0.05, 0.1) is 5.92 Å². The lowest BCUT2D eigenvalue weighted by atomic mass is 9.95. The summed E-state index contributed by atoms with van der Waals surface area (Å²) >= 11 is 3.37. The molecular formula is C27H28O3S2. The van der Waals surface area contributed by atoms with Crippen molar-refractivity contribution in [2.24, 2.45) is 11.3 Å². The maximum absolute atomic E-state index is 11.7. The first-order valence-electron chi connectivity index (χ1n) is 10.5. The minimum atomic E-state index is -0.802. The molecular weight excluding hydrogens is 436 g/mol. The third kappa shape index (κ3) is 7.71. The fraction of sp³-hybridized carbons (Fsp3) is 0.296. The number of thiophene rings is 2. The van der Waals surface area contributed by atoms with Crippen LogP contribution in [0.5, 0.6) is 5.75 Å². The zero-order valence-corrected chi connectivity index (χ0v) is 20.3. The molecule has 0 fully saturated rings. The van der Waals surface area contributed by atoms with E-state index in [9.17, 15) is 9.90 Å². The maximum Gasteiger partial charge on any atom is 0.307 e. The number of aliphatic carboxylic acids is 1. The Morgan fingerprint density at radius 1 is 1.19 bits per heavy atom. The van der Waals surface area contributed by atoms with Crippen molar-refractivity contribution in [3.05, 3.63) is 75.1 Å². The third-order valence-electron chi connectivity index (χ3n) is 4.69. The lowest BCUT2D eigenvalue weighted by molar-refractivity contribution is -0.141. The molecule has 0 aliphatic rings. The molecule has 1 atom stereocenters. The molecule has 0 aliphatic carbocycles. The molecule has 1 aromatic carbocycles.